The molecular weight excluding hydrogens is 464 g/mol. The summed E-state index contributed by atoms with van der Waals surface area (Å²) in [6, 6.07) is 14.7. The predicted octanol–water partition coefficient (Wildman–Crippen LogP) is 3.50. The van der Waals surface area contributed by atoms with Crippen LogP contribution >= 0.6 is 0 Å². The van der Waals surface area contributed by atoms with Crippen LogP contribution in [0.15, 0.2) is 42.6 Å². The molecule has 2 aliphatic heterocycles. The molecule has 8 nitrogen and oxygen atoms in total. The molecule has 37 heavy (non-hydrogen) atoms. The van der Waals surface area contributed by atoms with Gasteiger partial charge in [-0.25, -0.2) is 0 Å². The summed E-state index contributed by atoms with van der Waals surface area (Å²) in [5, 5.41) is 20.1. The van der Waals surface area contributed by atoms with Gasteiger partial charge in [-0.2, -0.15) is 5.26 Å². The molecular formula is C29H36N6O2. The van der Waals surface area contributed by atoms with E-state index in [4.69, 9.17) is 4.74 Å². The molecule has 2 aliphatic rings. The first-order valence-corrected chi connectivity index (χ1v) is 13.2. The SMILES string of the molecule is Cc1cc(N2CCC[C@H](N(C)C[C@H]3CN(c4ccc(C#N)c5ncccc45)C[C@@H](C)O3)C2)cc(CO)n1. The van der Waals surface area contributed by atoms with Gasteiger partial charge in [0, 0.05) is 67.4 Å². The topological polar surface area (TPSA) is 88.8 Å². The van der Waals surface area contributed by atoms with Crippen molar-refractivity contribution in [3.8, 4) is 6.07 Å². The summed E-state index contributed by atoms with van der Waals surface area (Å²) in [5.41, 5.74) is 5.28. The molecule has 0 amide bonds. The number of aliphatic hydroxyl groups is 1. The Balaban J connectivity index is 1.29. The lowest BCUT2D eigenvalue weighted by Gasteiger charge is -2.43. The molecule has 3 atom stereocenters. The van der Waals surface area contributed by atoms with Gasteiger partial charge in [-0.05, 0) is 70.1 Å². The Morgan fingerprint density at radius 3 is 2.86 bits per heavy atom. The maximum absolute atomic E-state index is 9.59. The summed E-state index contributed by atoms with van der Waals surface area (Å²) in [5.74, 6) is 0. The third-order valence-corrected chi connectivity index (χ3v) is 7.56. The Morgan fingerprint density at radius 1 is 1.19 bits per heavy atom. The molecule has 2 fully saturated rings. The summed E-state index contributed by atoms with van der Waals surface area (Å²) in [6.07, 6.45) is 4.22. The van der Waals surface area contributed by atoms with Gasteiger partial charge in [0.2, 0.25) is 0 Å². The van der Waals surface area contributed by atoms with Crippen molar-refractivity contribution in [3.05, 3.63) is 59.5 Å². The summed E-state index contributed by atoms with van der Waals surface area (Å²) in [6.45, 7) is 8.50. The van der Waals surface area contributed by atoms with Crippen LogP contribution in [0.2, 0.25) is 0 Å². The number of rotatable bonds is 6. The molecule has 0 radical (unpaired) electrons. The van der Waals surface area contributed by atoms with Crippen LogP contribution in [0, 0.1) is 18.3 Å². The predicted molar refractivity (Wildman–Crippen MR) is 146 cm³/mol. The average Bonchev–Trinajstić information content (AvgIpc) is 2.91. The third-order valence-electron chi connectivity index (χ3n) is 7.56. The number of likely N-dealkylation sites (N-methyl/N-ethyl adjacent to an activating group) is 1. The first-order chi connectivity index (χ1) is 17.9. The number of hydrogen-bond acceptors (Lipinski definition) is 8. The second-order valence-corrected chi connectivity index (χ2v) is 10.4. The molecule has 8 heteroatoms. The van der Waals surface area contributed by atoms with E-state index < -0.39 is 0 Å². The molecule has 0 saturated carbocycles. The lowest BCUT2D eigenvalue weighted by molar-refractivity contribution is -0.0346. The standard InChI is InChI=1S/C29H36N6O2/c1-20-12-25(13-23(19-36)32-20)34-11-5-6-24(16-34)33(3)17-26-18-35(15-21(2)37-26)28-9-8-22(14-30)29-27(28)7-4-10-31-29/h4,7-10,12-13,21,24,26,36H,5-6,11,15-19H2,1-3H3/t21-,24+,26+/m1/s1. The zero-order chi connectivity index (χ0) is 25.9. The lowest BCUT2D eigenvalue weighted by Crippen LogP contribution is -2.54. The Kier molecular flexibility index (Phi) is 7.56. The van der Waals surface area contributed by atoms with Crippen molar-refractivity contribution in [2.24, 2.45) is 0 Å². The zero-order valence-electron chi connectivity index (χ0n) is 22.0. The Morgan fingerprint density at radius 2 is 2.05 bits per heavy atom. The van der Waals surface area contributed by atoms with Crippen LogP contribution in [0.1, 0.15) is 36.7 Å². The van der Waals surface area contributed by atoms with Crippen LogP contribution in [0.3, 0.4) is 0 Å². The van der Waals surface area contributed by atoms with Gasteiger partial charge < -0.3 is 19.6 Å². The van der Waals surface area contributed by atoms with Crippen molar-refractivity contribution in [2.45, 2.75) is 51.5 Å². The molecule has 2 saturated heterocycles. The number of piperidine rings is 1. The fourth-order valence-electron chi connectivity index (χ4n) is 5.87. The average molecular weight is 501 g/mol. The highest BCUT2D eigenvalue weighted by Crippen LogP contribution is 2.31. The largest absolute Gasteiger partial charge is 0.390 e. The number of benzene rings is 1. The van der Waals surface area contributed by atoms with Gasteiger partial charge in [0.05, 0.1) is 35.6 Å². The highest BCUT2D eigenvalue weighted by atomic mass is 16.5. The number of ether oxygens (including phenoxy) is 1. The van der Waals surface area contributed by atoms with Crippen molar-refractivity contribution >= 4 is 22.3 Å². The number of pyridine rings is 2. The van der Waals surface area contributed by atoms with Gasteiger partial charge in [0.15, 0.2) is 0 Å². The minimum atomic E-state index is -0.0376. The van der Waals surface area contributed by atoms with Gasteiger partial charge in [0.1, 0.15) is 6.07 Å². The number of nitrogens with zero attached hydrogens (tertiary/aromatic N) is 6. The molecule has 2 aromatic heterocycles. The van der Waals surface area contributed by atoms with E-state index in [1.807, 2.05) is 25.1 Å². The molecule has 0 aliphatic carbocycles. The van der Waals surface area contributed by atoms with Gasteiger partial charge in [-0.15, -0.1) is 0 Å². The molecule has 1 N–H and O–H groups in total. The minimum absolute atomic E-state index is 0.0376. The lowest BCUT2D eigenvalue weighted by atomic mass is 10.0. The van der Waals surface area contributed by atoms with Crippen LogP contribution in [0.25, 0.3) is 10.9 Å². The van der Waals surface area contributed by atoms with Crippen LogP contribution < -0.4 is 9.80 Å². The number of aryl methyl sites for hydroxylation is 1. The highest BCUT2D eigenvalue weighted by molar-refractivity contribution is 5.95. The van der Waals surface area contributed by atoms with E-state index in [0.717, 1.165) is 79.2 Å². The summed E-state index contributed by atoms with van der Waals surface area (Å²) in [7, 11) is 2.21. The normalized spacial score (nSPS) is 22.4. The van der Waals surface area contributed by atoms with E-state index in [-0.39, 0.29) is 18.8 Å². The first kappa shape index (κ1) is 25.4. The molecule has 4 heterocycles. The number of aromatic nitrogens is 2. The van der Waals surface area contributed by atoms with Crippen LogP contribution in [0.4, 0.5) is 11.4 Å². The molecule has 1 aromatic carbocycles. The van der Waals surface area contributed by atoms with E-state index in [9.17, 15) is 10.4 Å². The van der Waals surface area contributed by atoms with E-state index in [2.05, 4.69) is 62.9 Å². The maximum Gasteiger partial charge on any atom is 0.101 e. The Labute approximate surface area is 219 Å². The summed E-state index contributed by atoms with van der Waals surface area (Å²) < 4.78 is 6.41. The van der Waals surface area contributed by atoms with Crippen molar-refractivity contribution < 1.29 is 9.84 Å². The smallest absolute Gasteiger partial charge is 0.101 e. The van der Waals surface area contributed by atoms with Crippen LogP contribution in [-0.2, 0) is 11.3 Å². The fourth-order valence-corrected chi connectivity index (χ4v) is 5.87. The van der Waals surface area contributed by atoms with E-state index in [0.29, 0.717) is 11.6 Å². The van der Waals surface area contributed by atoms with E-state index in [1.54, 1.807) is 6.20 Å². The number of morpholine rings is 1. The number of nitriles is 1. The number of hydrogen-bond donors (Lipinski definition) is 1. The Hall–Kier alpha value is -3.25. The van der Waals surface area contributed by atoms with Crippen LogP contribution in [-0.4, -0.2) is 78.0 Å². The van der Waals surface area contributed by atoms with E-state index in [1.165, 1.54) is 0 Å². The monoisotopic (exact) mass is 500 g/mol. The number of aliphatic hydroxyl groups excluding tert-OH is 1. The summed E-state index contributed by atoms with van der Waals surface area (Å²) in [4.78, 5) is 16.2. The molecule has 0 spiro atoms. The molecule has 3 aromatic rings. The third kappa shape index (κ3) is 5.54. The van der Waals surface area contributed by atoms with Gasteiger partial charge in [-0.3, -0.25) is 14.9 Å². The van der Waals surface area contributed by atoms with Crippen LogP contribution in [0.5, 0.6) is 0 Å². The first-order valence-electron chi connectivity index (χ1n) is 13.2. The fraction of sp³-hybridized carbons (Fsp3) is 0.483. The minimum Gasteiger partial charge on any atom is -0.390 e. The van der Waals surface area contributed by atoms with Crippen molar-refractivity contribution in [2.75, 3.05) is 49.6 Å². The second kappa shape index (κ2) is 11.0. The van der Waals surface area contributed by atoms with Crippen molar-refractivity contribution in [3.63, 3.8) is 0 Å². The van der Waals surface area contributed by atoms with Gasteiger partial charge >= 0.3 is 0 Å². The summed E-state index contributed by atoms with van der Waals surface area (Å²) >= 11 is 0. The molecule has 0 bridgehead atoms. The molecule has 0 unspecified atom stereocenters. The van der Waals surface area contributed by atoms with Gasteiger partial charge in [-0.1, -0.05) is 0 Å². The van der Waals surface area contributed by atoms with Crippen molar-refractivity contribution in [1.82, 2.24) is 14.9 Å². The Bertz CT molecular complexity index is 1290. The highest BCUT2D eigenvalue weighted by Gasteiger charge is 2.31. The van der Waals surface area contributed by atoms with Gasteiger partial charge in [0.25, 0.3) is 0 Å². The maximum atomic E-state index is 9.59. The molecule has 5 rings (SSSR count). The molecule has 194 valence electrons. The number of anilines is 2. The van der Waals surface area contributed by atoms with E-state index >= 15 is 0 Å². The number of fused-ring (bicyclic) bond motifs is 1. The van der Waals surface area contributed by atoms with Crippen molar-refractivity contribution in [1.29, 1.82) is 5.26 Å². The zero-order valence-corrected chi connectivity index (χ0v) is 22.0. The quantitative estimate of drug-likeness (QED) is 0.550. The second-order valence-electron chi connectivity index (χ2n) is 10.4.